The maximum Gasteiger partial charge on any atom is 0.0472 e. The number of hydrogen-bond acceptors (Lipinski definition) is 3. The Hall–Kier alpha value is -0.840. The van der Waals surface area contributed by atoms with E-state index in [9.17, 15) is 5.11 Å². The molecule has 1 saturated heterocycles. The summed E-state index contributed by atoms with van der Waals surface area (Å²) in [4.78, 5) is 0. The van der Waals surface area contributed by atoms with Crippen LogP contribution < -0.4 is 0 Å². The van der Waals surface area contributed by atoms with Crippen LogP contribution in [-0.4, -0.2) is 53.0 Å². The molecule has 0 saturated carbocycles. The quantitative estimate of drug-likeness (QED) is 0.863. The minimum absolute atomic E-state index is 0.235. The van der Waals surface area contributed by atoms with Crippen LogP contribution in [0, 0.1) is 20.8 Å². The monoisotopic (exact) mass is 279 g/mol. The van der Waals surface area contributed by atoms with E-state index in [4.69, 9.17) is 0 Å². The van der Waals surface area contributed by atoms with Gasteiger partial charge in [-0.1, -0.05) is 0 Å². The average molecular weight is 279 g/mol. The molecule has 2 rings (SSSR count). The highest BCUT2D eigenvalue weighted by molar-refractivity contribution is 5.36. The fourth-order valence-electron chi connectivity index (χ4n) is 3.35. The molecule has 1 fully saturated rings. The van der Waals surface area contributed by atoms with Gasteiger partial charge in [0.2, 0.25) is 0 Å². The van der Waals surface area contributed by atoms with Crippen molar-refractivity contribution in [1.82, 2.24) is 14.6 Å². The number of likely N-dealkylation sites (N-methyl/N-ethyl adjacent to an activating group) is 1. The van der Waals surface area contributed by atoms with Crippen molar-refractivity contribution < 1.29 is 5.11 Å². The van der Waals surface area contributed by atoms with E-state index >= 15 is 0 Å². The molecule has 0 spiro atoms. The molecule has 20 heavy (non-hydrogen) atoms. The summed E-state index contributed by atoms with van der Waals surface area (Å²) in [7, 11) is 2.20. The van der Waals surface area contributed by atoms with Gasteiger partial charge >= 0.3 is 0 Å². The van der Waals surface area contributed by atoms with Crippen LogP contribution in [0.2, 0.25) is 0 Å². The van der Waals surface area contributed by atoms with Crippen LogP contribution in [0.25, 0.3) is 0 Å². The van der Waals surface area contributed by atoms with Crippen molar-refractivity contribution in [2.45, 2.75) is 46.6 Å². The molecule has 0 bridgehead atoms. The fourth-order valence-corrected chi connectivity index (χ4v) is 3.35. The van der Waals surface area contributed by atoms with Crippen molar-refractivity contribution >= 4 is 0 Å². The molecule has 1 aliphatic heterocycles. The number of hydrogen-bond donors (Lipinski definition) is 1. The molecule has 4 heteroatoms. The molecule has 0 aromatic carbocycles. The van der Waals surface area contributed by atoms with Crippen molar-refractivity contribution in [2.75, 3.05) is 33.3 Å². The van der Waals surface area contributed by atoms with Gasteiger partial charge < -0.3 is 9.67 Å². The number of aliphatic hydroxyl groups excluding tert-OH is 1. The molecule has 2 heterocycles. The van der Waals surface area contributed by atoms with Gasteiger partial charge in [-0.3, -0.25) is 0 Å². The zero-order valence-corrected chi connectivity index (χ0v) is 13.4. The molecule has 0 radical (unpaired) electrons. The predicted octanol–water partition coefficient (Wildman–Crippen LogP) is 1.89. The van der Waals surface area contributed by atoms with E-state index in [1.165, 1.54) is 48.4 Å². The smallest absolute Gasteiger partial charge is 0.0472 e. The van der Waals surface area contributed by atoms with Gasteiger partial charge in [0.25, 0.3) is 0 Å². The van der Waals surface area contributed by atoms with Crippen molar-refractivity contribution in [3.8, 4) is 0 Å². The van der Waals surface area contributed by atoms with Crippen LogP contribution in [0.5, 0.6) is 0 Å². The summed E-state index contributed by atoms with van der Waals surface area (Å²) >= 11 is 0. The molecular weight excluding hydrogens is 250 g/mol. The Morgan fingerprint density at radius 2 is 1.75 bits per heavy atom. The normalized spacial score (nSPS) is 16.5. The van der Waals surface area contributed by atoms with Crippen molar-refractivity contribution in [1.29, 1.82) is 0 Å². The van der Waals surface area contributed by atoms with E-state index in [0.29, 0.717) is 0 Å². The molecule has 0 aliphatic carbocycles. The van der Waals surface area contributed by atoms with Crippen molar-refractivity contribution in [2.24, 2.45) is 0 Å². The van der Waals surface area contributed by atoms with Gasteiger partial charge in [0.15, 0.2) is 0 Å². The van der Waals surface area contributed by atoms with Gasteiger partial charge in [-0.2, -0.15) is 0 Å². The topological polar surface area (TPSA) is 31.6 Å². The van der Waals surface area contributed by atoms with Crippen LogP contribution >= 0.6 is 0 Å². The minimum Gasteiger partial charge on any atom is -0.396 e. The van der Waals surface area contributed by atoms with E-state index in [2.05, 4.69) is 42.4 Å². The average Bonchev–Trinajstić information content (AvgIpc) is 3.02. The molecule has 114 valence electrons. The number of aliphatic hydroxyl groups is 1. The van der Waals surface area contributed by atoms with Gasteiger partial charge in [0, 0.05) is 51.2 Å². The second-order valence-electron chi connectivity index (χ2n) is 5.94. The molecule has 0 atom stereocenters. The Morgan fingerprint density at radius 3 is 2.35 bits per heavy atom. The number of aromatic nitrogens is 1. The van der Waals surface area contributed by atoms with E-state index in [1.807, 2.05) is 0 Å². The first kappa shape index (κ1) is 15.5. The summed E-state index contributed by atoms with van der Waals surface area (Å²) in [5.41, 5.74) is 5.35. The molecule has 1 N–H and O–H groups in total. The molecular formula is C16H29N3O. The summed E-state index contributed by atoms with van der Waals surface area (Å²) in [6.07, 6.45) is 3.42. The summed E-state index contributed by atoms with van der Waals surface area (Å²) in [6, 6.07) is 0. The Balaban J connectivity index is 2.03. The van der Waals surface area contributed by atoms with Crippen LogP contribution in [-0.2, 0) is 13.0 Å². The van der Waals surface area contributed by atoms with Gasteiger partial charge in [-0.05, 0) is 51.2 Å². The summed E-state index contributed by atoms with van der Waals surface area (Å²) in [5, 5.41) is 14.0. The molecule has 1 aromatic heterocycles. The van der Waals surface area contributed by atoms with Gasteiger partial charge in [-0.25, -0.2) is 10.0 Å². The zero-order chi connectivity index (χ0) is 14.7. The van der Waals surface area contributed by atoms with E-state index in [1.54, 1.807) is 0 Å². The molecule has 1 aliphatic rings. The lowest BCUT2D eigenvalue weighted by atomic mass is 10.1. The van der Waals surface area contributed by atoms with E-state index in [0.717, 1.165) is 19.5 Å². The first-order valence-corrected chi connectivity index (χ1v) is 7.78. The molecule has 4 nitrogen and oxygen atoms in total. The third kappa shape index (κ3) is 3.08. The summed E-state index contributed by atoms with van der Waals surface area (Å²) in [6.45, 7) is 11.3. The minimum atomic E-state index is 0.235. The Morgan fingerprint density at radius 1 is 1.10 bits per heavy atom. The highest BCUT2D eigenvalue weighted by Gasteiger charge is 2.18. The van der Waals surface area contributed by atoms with Crippen LogP contribution in [0.4, 0.5) is 0 Å². The standard InChI is InChI=1S/C16H29N3O/c1-13-14(2)19(15(3)16(13)7-12-20)11-10-17(4)18-8-5-6-9-18/h20H,5-12H2,1-4H3. The van der Waals surface area contributed by atoms with Crippen molar-refractivity contribution in [3.05, 3.63) is 22.5 Å². The SMILES string of the molecule is Cc1c(CCO)c(C)n(CCN(C)N2CCCC2)c1C. The fraction of sp³-hybridized carbons (Fsp3) is 0.750. The number of hydrazine groups is 1. The van der Waals surface area contributed by atoms with Gasteiger partial charge in [-0.15, -0.1) is 0 Å². The predicted molar refractivity (Wildman–Crippen MR) is 82.9 cm³/mol. The first-order chi connectivity index (χ1) is 9.56. The largest absolute Gasteiger partial charge is 0.396 e. The second-order valence-corrected chi connectivity index (χ2v) is 5.94. The van der Waals surface area contributed by atoms with E-state index < -0.39 is 0 Å². The molecule has 0 amide bonds. The Kier molecular flexibility index (Phi) is 5.24. The van der Waals surface area contributed by atoms with Crippen LogP contribution in [0.3, 0.4) is 0 Å². The summed E-state index contributed by atoms with van der Waals surface area (Å²) in [5.74, 6) is 0. The number of nitrogens with zero attached hydrogens (tertiary/aromatic N) is 3. The van der Waals surface area contributed by atoms with Gasteiger partial charge in [0.05, 0.1) is 0 Å². The highest BCUT2D eigenvalue weighted by Crippen LogP contribution is 2.22. The lowest BCUT2D eigenvalue weighted by Gasteiger charge is -2.28. The molecule has 1 aromatic rings. The maximum absolute atomic E-state index is 9.21. The third-order valence-electron chi connectivity index (χ3n) is 4.82. The van der Waals surface area contributed by atoms with Gasteiger partial charge in [0.1, 0.15) is 0 Å². The lowest BCUT2D eigenvalue weighted by molar-refractivity contribution is 0.0213. The Labute approximate surface area is 123 Å². The van der Waals surface area contributed by atoms with Crippen LogP contribution in [0.15, 0.2) is 0 Å². The highest BCUT2D eigenvalue weighted by atomic mass is 16.2. The molecule has 0 unspecified atom stereocenters. The second kappa shape index (κ2) is 6.74. The lowest BCUT2D eigenvalue weighted by Crippen LogP contribution is -2.39. The maximum atomic E-state index is 9.21. The zero-order valence-electron chi connectivity index (χ0n) is 13.4. The van der Waals surface area contributed by atoms with E-state index in [-0.39, 0.29) is 6.61 Å². The number of rotatable bonds is 6. The van der Waals surface area contributed by atoms with Crippen molar-refractivity contribution in [3.63, 3.8) is 0 Å². The third-order valence-corrected chi connectivity index (χ3v) is 4.82. The van der Waals surface area contributed by atoms with Crippen LogP contribution in [0.1, 0.15) is 35.4 Å². The first-order valence-electron chi connectivity index (χ1n) is 7.78. The Bertz CT molecular complexity index is 447. The summed E-state index contributed by atoms with van der Waals surface area (Å²) < 4.78 is 2.41.